The van der Waals surface area contributed by atoms with Crippen molar-refractivity contribution in [2.45, 2.75) is 12.5 Å². The van der Waals surface area contributed by atoms with Crippen LogP contribution in [0.5, 0.6) is 0 Å². The first-order valence-electron chi connectivity index (χ1n) is 7.34. The maximum absolute atomic E-state index is 13.7. The van der Waals surface area contributed by atoms with Gasteiger partial charge < -0.3 is 10.4 Å². The van der Waals surface area contributed by atoms with E-state index in [1.807, 2.05) is 12.1 Å². The average molecular weight is 364 g/mol. The molecule has 3 rings (SSSR count). The number of rotatable bonds is 6. The molecule has 0 saturated carbocycles. The molecule has 0 amide bonds. The van der Waals surface area contributed by atoms with E-state index in [1.165, 1.54) is 17.4 Å². The van der Waals surface area contributed by atoms with E-state index < -0.39 is 0 Å². The predicted octanol–water partition coefficient (Wildman–Crippen LogP) is 4.07. The quantitative estimate of drug-likeness (QED) is 0.693. The van der Waals surface area contributed by atoms with Crippen LogP contribution in [0.25, 0.3) is 0 Å². The summed E-state index contributed by atoms with van der Waals surface area (Å²) in [6.45, 7) is -0.0934. The molecule has 2 N–H and O–H groups in total. The molecule has 0 spiro atoms. The van der Waals surface area contributed by atoms with Gasteiger partial charge in [0.15, 0.2) is 0 Å². The lowest BCUT2D eigenvalue weighted by atomic mass is 10.1. The third-order valence-corrected chi connectivity index (χ3v) is 4.63. The monoisotopic (exact) mass is 363 g/mol. The van der Waals surface area contributed by atoms with Crippen LogP contribution in [0.15, 0.2) is 48.5 Å². The highest BCUT2D eigenvalue weighted by atomic mass is 35.5. The Morgan fingerprint density at radius 2 is 1.88 bits per heavy atom. The molecule has 3 aromatic rings. The van der Waals surface area contributed by atoms with Crippen molar-refractivity contribution in [3.63, 3.8) is 0 Å². The van der Waals surface area contributed by atoms with Crippen LogP contribution in [-0.2, 0) is 6.42 Å². The molecular weight excluding hydrogens is 349 g/mol. The maximum atomic E-state index is 13.7. The first-order chi connectivity index (χ1) is 11.7. The summed E-state index contributed by atoms with van der Waals surface area (Å²) in [4.78, 5) is 0. The van der Waals surface area contributed by atoms with Gasteiger partial charge in [-0.05, 0) is 29.3 Å². The Balaban J connectivity index is 1.70. The van der Waals surface area contributed by atoms with Gasteiger partial charge in [0.25, 0.3) is 0 Å². The first-order valence-corrected chi connectivity index (χ1v) is 8.54. The van der Waals surface area contributed by atoms with Crippen LogP contribution in [0.2, 0.25) is 5.02 Å². The number of nitrogens with one attached hydrogen (secondary N) is 1. The second-order valence-corrected chi connectivity index (χ2v) is 6.70. The van der Waals surface area contributed by atoms with Crippen molar-refractivity contribution in [2.24, 2.45) is 0 Å². The van der Waals surface area contributed by atoms with E-state index in [0.717, 1.165) is 5.56 Å². The fourth-order valence-corrected chi connectivity index (χ4v) is 3.21. The van der Waals surface area contributed by atoms with Gasteiger partial charge in [-0.25, -0.2) is 4.39 Å². The largest absolute Gasteiger partial charge is 0.394 e. The van der Waals surface area contributed by atoms with Crippen LogP contribution in [0, 0.1) is 5.82 Å². The summed E-state index contributed by atoms with van der Waals surface area (Å²) in [5, 5.41) is 22.8. The van der Waals surface area contributed by atoms with E-state index in [-0.39, 0.29) is 18.5 Å². The van der Waals surface area contributed by atoms with Crippen LogP contribution < -0.4 is 5.32 Å². The smallest absolute Gasteiger partial charge is 0.206 e. The Kier molecular flexibility index (Phi) is 5.40. The van der Waals surface area contributed by atoms with Gasteiger partial charge in [0, 0.05) is 11.4 Å². The van der Waals surface area contributed by atoms with Crippen molar-refractivity contribution in [3.05, 3.63) is 75.5 Å². The van der Waals surface area contributed by atoms with Crippen LogP contribution in [0.3, 0.4) is 0 Å². The molecule has 0 radical (unpaired) electrons. The lowest BCUT2D eigenvalue weighted by Gasteiger charge is -2.15. The number of aliphatic hydroxyl groups is 1. The summed E-state index contributed by atoms with van der Waals surface area (Å²) in [7, 11) is 0. The fraction of sp³-hybridized carbons (Fsp3) is 0.176. The predicted molar refractivity (Wildman–Crippen MR) is 94.0 cm³/mol. The second-order valence-electron chi connectivity index (χ2n) is 5.20. The van der Waals surface area contributed by atoms with Crippen molar-refractivity contribution in [2.75, 3.05) is 11.9 Å². The SMILES string of the molecule is OCC(Nc1nnc(Cc2ccccc2F)s1)c1ccc(Cl)cc1. The van der Waals surface area contributed by atoms with E-state index in [4.69, 9.17) is 11.6 Å². The lowest BCUT2D eigenvalue weighted by molar-refractivity contribution is 0.276. The Hall–Kier alpha value is -2.02. The van der Waals surface area contributed by atoms with Crippen molar-refractivity contribution in [3.8, 4) is 0 Å². The summed E-state index contributed by atoms with van der Waals surface area (Å²) < 4.78 is 13.7. The fourth-order valence-electron chi connectivity index (χ4n) is 2.27. The molecule has 1 unspecified atom stereocenters. The third kappa shape index (κ3) is 4.08. The maximum Gasteiger partial charge on any atom is 0.206 e. The van der Waals surface area contributed by atoms with Gasteiger partial charge in [-0.3, -0.25) is 0 Å². The highest BCUT2D eigenvalue weighted by Crippen LogP contribution is 2.25. The van der Waals surface area contributed by atoms with E-state index in [9.17, 15) is 9.50 Å². The van der Waals surface area contributed by atoms with Crippen LogP contribution in [0.4, 0.5) is 9.52 Å². The summed E-state index contributed by atoms with van der Waals surface area (Å²) in [5.41, 5.74) is 1.48. The number of aliphatic hydroxyl groups excluding tert-OH is 1. The molecule has 1 atom stereocenters. The van der Waals surface area contributed by atoms with Crippen molar-refractivity contribution >= 4 is 28.1 Å². The molecule has 7 heteroatoms. The van der Waals surface area contributed by atoms with E-state index in [1.54, 1.807) is 30.3 Å². The molecule has 0 bridgehead atoms. The minimum atomic E-state index is -0.309. The molecule has 24 heavy (non-hydrogen) atoms. The Bertz CT molecular complexity index is 810. The summed E-state index contributed by atoms with van der Waals surface area (Å²) >= 11 is 7.22. The number of aromatic nitrogens is 2. The molecule has 0 aliphatic rings. The molecular formula is C17H15ClFN3OS. The summed E-state index contributed by atoms with van der Waals surface area (Å²) in [6, 6.07) is 13.5. The van der Waals surface area contributed by atoms with Crippen LogP contribution >= 0.6 is 22.9 Å². The number of anilines is 1. The van der Waals surface area contributed by atoms with Crippen LogP contribution in [0.1, 0.15) is 22.2 Å². The molecule has 0 aliphatic heterocycles. The second kappa shape index (κ2) is 7.70. The van der Waals surface area contributed by atoms with Gasteiger partial charge >= 0.3 is 0 Å². The van der Waals surface area contributed by atoms with E-state index >= 15 is 0 Å². The Labute approximate surface area is 148 Å². The Morgan fingerprint density at radius 1 is 1.12 bits per heavy atom. The number of nitrogens with zero attached hydrogens (tertiary/aromatic N) is 2. The topological polar surface area (TPSA) is 58.0 Å². The van der Waals surface area contributed by atoms with Crippen LogP contribution in [-0.4, -0.2) is 21.9 Å². The highest BCUT2D eigenvalue weighted by Gasteiger charge is 2.14. The van der Waals surface area contributed by atoms with Gasteiger partial charge in [0.2, 0.25) is 5.13 Å². The van der Waals surface area contributed by atoms with E-state index in [0.29, 0.717) is 27.1 Å². The minimum absolute atomic E-state index is 0.0934. The van der Waals surface area contributed by atoms with Crippen molar-refractivity contribution < 1.29 is 9.50 Å². The van der Waals surface area contributed by atoms with Gasteiger partial charge in [-0.2, -0.15) is 0 Å². The molecule has 0 fully saturated rings. The molecule has 0 saturated heterocycles. The summed E-state index contributed by atoms with van der Waals surface area (Å²) in [6.07, 6.45) is 0.386. The highest BCUT2D eigenvalue weighted by molar-refractivity contribution is 7.15. The molecule has 4 nitrogen and oxygen atoms in total. The number of benzene rings is 2. The molecule has 1 heterocycles. The number of halogens is 2. The van der Waals surface area contributed by atoms with Gasteiger partial charge in [-0.15, -0.1) is 10.2 Å². The van der Waals surface area contributed by atoms with Crippen molar-refractivity contribution in [1.82, 2.24) is 10.2 Å². The Morgan fingerprint density at radius 3 is 2.58 bits per heavy atom. The van der Waals surface area contributed by atoms with E-state index in [2.05, 4.69) is 15.5 Å². The summed E-state index contributed by atoms with van der Waals surface area (Å²) in [5.74, 6) is -0.253. The zero-order valence-electron chi connectivity index (χ0n) is 12.6. The normalized spacial score (nSPS) is 12.1. The van der Waals surface area contributed by atoms with Gasteiger partial charge in [0.1, 0.15) is 10.8 Å². The van der Waals surface area contributed by atoms with Gasteiger partial charge in [0.05, 0.1) is 12.6 Å². The minimum Gasteiger partial charge on any atom is -0.394 e. The van der Waals surface area contributed by atoms with Crippen molar-refractivity contribution in [1.29, 1.82) is 0 Å². The third-order valence-electron chi connectivity index (χ3n) is 3.52. The van der Waals surface area contributed by atoms with Gasteiger partial charge in [-0.1, -0.05) is 53.3 Å². The first kappa shape index (κ1) is 16.8. The molecule has 0 aliphatic carbocycles. The molecule has 2 aromatic carbocycles. The lowest BCUT2D eigenvalue weighted by Crippen LogP contribution is -2.14. The molecule has 124 valence electrons. The number of hydrogen-bond acceptors (Lipinski definition) is 5. The molecule has 1 aromatic heterocycles. The zero-order valence-corrected chi connectivity index (χ0v) is 14.2. The average Bonchev–Trinajstić information content (AvgIpc) is 3.03. The zero-order chi connectivity index (χ0) is 16.9. The standard InChI is InChI=1S/C17H15ClFN3OS/c18-13-7-5-11(6-8-13)15(10-23)20-17-22-21-16(24-17)9-12-3-1-2-4-14(12)19/h1-8,15,23H,9-10H2,(H,20,22). The number of hydrogen-bond donors (Lipinski definition) is 2.